The van der Waals surface area contributed by atoms with Gasteiger partial charge < -0.3 is 15.0 Å². The van der Waals surface area contributed by atoms with E-state index in [4.69, 9.17) is 16.3 Å². The molecule has 2 aromatic heterocycles. The molecular weight excluding hydrogens is 372 g/mol. The zero-order valence-corrected chi connectivity index (χ0v) is 16.3. The van der Waals surface area contributed by atoms with Crippen LogP contribution in [-0.4, -0.2) is 47.2 Å². The van der Waals surface area contributed by atoms with E-state index in [0.29, 0.717) is 28.6 Å². The van der Waals surface area contributed by atoms with Crippen LogP contribution in [0.4, 0.5) is 5.82 Å². The molecule has 1 N–H and O–H groups in total. The second kappa shape index (κ2) is 7.04. The van der Waals surface area contributed by atoms with Gasteiger partial charge in [-0.15, -0.1) is 21.5 Å². The Balaban J connectivity index is 1.46. The Morgan fingerprint density at radius 1 is 1.35 bits per heavy atom. The summed E-state index contributed by atoms with van der Waals surface area (Å²) in [6, 6.07) is 5.85. The van der Waals surface area contributed by atoms with Crippen molar-refractivity contribution >= 4 is 34.7 Å². The van der Waals surface area contributed by atoms with Crippen LogP contribution in [0.25, 0.3) is 0 Å². The molecule has 2 aromatic rings. The first kappa shape index (κ1) is 17.5. The summed E-state index contributed by atoms with van der Waals surface area (Å²) < 4.78 is 5.35. The summed E-state index contributed by atoms with van der Waals surface area (Å²) in [4.78, 5) is 16.8. The van der Waals surface area contributed by atoms with Gasteiger partial charge in [0, 0.05) is 36.0 Å². The third-order valence-electron chi connectivity index (χ3n) is 5.37. The molecule has 138 valence electrons. The van der Waals surface area contributed by atoms with E-state index in [1.54, 1.807) is 24.5 Å². The van der Waals surface area contributed by atoms with Crippen LogP contribution in [-0.2, 0) is 0 Å². The predicted octanol–water partition coefficient (Wildman–Crippen LogP) is 3.47. The number of carbonyl (C=O) groups excluding carboxylic acids is 1. The van der Waals surface area contributed by atoms with Crippen molar-refractivity contribution in [2.45, 2.75) is 25.8 Å². The average molecular weight is 393 g/mol. The van der Waals surface area contributed by atoms with Crippen LogP contribution in [0.3, 0.4) is 0 Å². The second-order valence-corrected chi connectivity index (χ2v) is 8.63. The maximum atomic E-state index is 12.8. The Morgan fingerprint density at radius 2 is 2.19 bits per heavy atom. The molecule has 3 heterocycles. The van der Waals surface area contributed by atoms with E-state index in [9.17, 15) is 4.79 Å². The van der Waals surface area contributed by atoms with Gasteiger partial charge in [0.05, 0.1) is 12.0 Å². The molecule has 1 aliphatic carbocycles. The lowest BCUT2D eigenvalue weighted by Gasteiger charge is -2.22. The number of nitrogens with zero attached hydrogens (tertiary/aromatic N) is 3. The molecule has 0 spiro atoms. The molecule has 0 bridgehead atoms. The predicted molar refractivity (Wildman–Crippen MR) is 102 cm³/mol. The summed E-state index contributed by atoms with van der Waals surface area (Å²) in [7, 11) is 1.59. The van der Waals surface area contributed by atoms with Crippen molar-refractivity contribution in [1.29, 1.82) is 0 Å². The summed E-state index contributed by atoms with van der Waals surface area (Å²) in [5, 5.41) is 11.8. The number of likely N-dealkylation sites (tertiary alicyclic amines) is 1. The molecule has 1 saturated carbocycles. The van der Waals surface area contributed by atoms with Gasteiger partial charge in [-0.3, -0.25) is 4.79 Å². The van der Waals surface area contributed by atoms with E-state index in [-0.39, 0.29) is 11.9 Å². The SMILES string of the molecule is COc1cc(Cl)nnc1N[C@@H]1CC[C@H]2CN(C(=O)c3ccc(C)s3)C[C@H]21. The fourth-order valence-corrected chi connectivity index (χ4v) is 5.07. The maximum Gasteiger partial charge on any atom is 0.263 e. The van der Waals surface area contributed by atoms with Gasteiger partial charge >= 0.3 is 0 Å². The Hall–Kier alpha value is -1.86. The molecule has 26 heavy (non-hydrogen) atoms. The summed E-state index contributed by atoms with van der Waals surface area (Å²) in [6.07, 6.45) is 2.17. The minimum Gasteiger partial charge on any atom is -0.493 e. The molecule has 2 aliphatic rings. The number of thiophene rings is 1. The molecule has 1 saturated heterocycles. The molecule has 0 aromatic carbocycles. The number of methoxy groups -OCH3 is 1. The highest BCUT2D eigenvalue weighted by Crippen LogP contribution is 2.41. The minimum atomic E-state index is 0.153. The van der Waals surface area contributed by atoms with E-state index in [1.807, 2.05) is 24.0 Å². The lowest BCUT2D eigenvalue weighted by molar-refractivity contribution is 0.0785. The quantitative estimate of drug-likeness (QED) is 0.862. The number of rotatable bonds is 4. The highest BCUT2D eigenvalue weighted by molar-refractivity contribution is 7.13. The highest BCUT2D eigenvalue weighted by atomic mass is 35.5. The van der Waals surface area contributed by atoms with Crippen LogP contribution in [0.2, 0.25) is 5.15 Å². The van der Waals surface area contributed by atoms with Gasteiger partial charge in [0.2, 0.25) is 0 Å². The Bertz CT molecular complexity index is 827. The normalized spacial score (nSPS) is 24.6. The molecule has 6 nitrogen and oxygen atoms in total. The standard InChI is InChI=1S/C18H21ClN4O2S/c1-10-3-6-15(26-10)18(24)23-8-11-4-5-13(12(11)9-23)20-17-14(25-2)7-16(19)21-22-17/h3,6-7,11-13H,4-5,8-9H2,1-2H3,(H,20,22)/t11-,12+,13+/m0/s1. The van der Waals surface area contributed by atoms with Crippen molar-refractivity contribution in [2.75, 3.05) is 25.5 Å². The molecule has 3 atom stereocenters. The van der Waals surface area contributed by atoms with Gasteiger partial charge in [0.15, 0.2) is 16.7 Å². The number of halogens is 1. The first-order chi connectivity index (χ1) is 12.5. The van der Waals surface area contributed by atoms with E-state index in [2.05, 4.69) is 15.5 Å². The van der Waals surface area contributed by atoms with Crippen LogP contribution in [0.1, 0.15) is 27.4 Å². The molecule has 2 fully saturated rings. The molecular formula is C18H21ClN4O2S. The Kier molecular flexibility index (Phi) is 4.75. The van der Waals surface area contributed by atoms with Gasteiger partial charge in [-0.05, 0) is 37.8 Å². The van der Waals surface area contributed by atoms with E-state index < -0.39 is 0 Å². The monoisotopic (exact) mass is 392 g/mol. The van der Waals surface area contributed by atoms with Crippen LogP contribution in [0.5, 0.6) is 5.75 Å². The van der Waals surface area contributed by atoms with Crippen LogP contribution < -0.4 is 10.1 Å². The minimum absolute atomic E-state index is 0.153. The molecule has 0 unspecified atom stereocenters. The van der Waals surface area contributed by atoms with Crippen molar-refractivity contribution in [2.24, 2.45) is 11.8 Å². The van der Waals surface area contributed by atoms with Crippen LogP contribution in [0, 0.1) is 18.8 Å². The molecule has 8 heteroatoms. The van der Waals surface area contributed by atoms with E-state index in [0.717, 1.165) is 30.8 Å². The first-order valence-electron chi connectivity index (χ1n) is 8.74. The van der Waals surface area contributed by atoms with Crippen molar-refractivity contribution in [1.82, 2.24) is 15.1 Å². The second-order valence-electron chi connectivity index (χ2n) is 6.96. The number of carbonyl (C=O) groups is 1. The zero-order valence-electron chi connectivity index (χ0n) is 14.7. The third-order valence-corrected chi connectivity index (χ3v) is 6.54. The van der Waals surface area contributed by atoms with Crippen LogP contribution >= 0.6 is 22.9 Å². The van der Waals surface area contributed by atoms with Gasteiger partial charge in [0.1, 0.15) is 0 Å². The number of anilines is 1. The molecule has 4 rings (SSSR count). The number of ether oxygens (including phenoxy) is 1. The number of nitrogens with one attached hydrogen (secondary N) is 1. The summed E-state index contributed by atoms with van der Waals surface area (Å²) in [5.74, 6) is 2.31. The van der Waals surface area contributed by atoms with Gasteiger partial charge in [-0.1, -0.05) is 11.6 Å². The fourth-order valence-electron chi connectivity index (χ4n) is 4.10. The smallest absolute Gasteiger partial charge is 0.263 e. The van der Waals surface area contributed by atoms with Crippen molar-refractivity contribution in [3.05, 3.63) is 33.1 Å². The number of aromatic nitrogens is 2. The summed E-state index contributed by atoms with van der Waals surface area (Å²) >= 11 is 7.46. The number of amides is 1. The first-order valence-corrected chi connectivity index (χ1v) is 9.94. The number of aryl methyl sites for hydroxylation is 1. The Morgan fingerprint density at radius 3 is 2.92 bits per heavy atom. The van der Waals surface area contributed by atoms with E-state index in [1.165, 1.54) is 4.88 Å². The summed E-state index contributed by atoms with van der Waals surface area (Å²) in [6.45, 7) is 3.64. The topological polar surface area (TPSA) is 67.4 Å². The Labute approximate surface area is 161 Å². The van der Waals surface area contributed by atoms with Gasteiger partial charge in [-0.2, -0.15) is 0 Å². The maximum absolute atomic E-state index is 12.8. The van der Waals surface area contributed by atoms with Crippen molar-refractivity contribution < 1.29 is 9.53 Å². The third kappa shape index (κ3) is 3.25. The molecule has 1 amide bonds. The van der Waals surface area contributed by atoms with Crippen molar-refractivity contribution in [3.8, 4) is 5.75 Å². The van der Waals surface area contributed by atoms with Crippen molar-refractivity contribution in [3.63, 3.8) is 0 Å². The van der Waals surface area contributed by atoms with E-state index >= 15 is 0 Å². The molecule has 1 aliphatic heterocycles. The fraction of sp³-hybridized carbons (Fsp3) is 0.500. The largest absolute Gasteiger partial charge is 0.493 e. The van der Waals surface area contributed by atoms with Gasteiger partial charge in [-0.25, -0.2) is 0 Å². The summed E-state index contributed by atoms with van der Waals surface area (Å²) in [5.41, 5.74) is 0. The van der Waals surface area contributed by atoms with Gasteiger partial charge in [0.25, 0.3) is 5.91 Å². The zero-order chi connectivity index (χ0) is 18.3. The molecule has 0 radical (unpaired) electrons. The number of hydrogen-bond acceptors (Lipinski definition) is 6. The highest BCUT2D eigenvalue weighted by Gasteiger charge is 2.44. The van der Waals surface area contributed by atoms with Crippen LogP contribution in [0.15, 0.2) is 18.2 Å². The lowest BCUT2D eigenvalue weighted by atomic mass is 9.98. The lowest BCUT2D eigenvalue weighted by Crippen LogP contribution is -2.33. The number of fused-ring (bicyclic) bond motifs is 1. The average Bonchev–Trinajstić information content (AvgIpc) is 3.32. The number of hydrogen-bond donors (Lipinski definition) is 1.